The fourth-order valence-corrected chi connectivity index (χ4v) is 2.49. The maximum atomic E-state index is 12.7. The van der Waals surface area contributed by atoms with E-state index in [2.05, 4.69) is 11.9 Å². The number of benzene rings is 1. The maximum Gasteiger partial charge on any atom is 0.258 e. The molecule has 0 unspecified atom stereocenters. The first-order valence-corrected chi connectivity index (χ1v) is 7.56. The number of hydrogen-bond acceptors (Lipinski definition) is 2. The highest BCUT2D eigenvalue weighted by Crippen LogP contribution is 2.19. The molecule has 2 rings (SSSR count). The van der Waals surface area contributed by atoms with Crippen LogP contribution in [0.3, 0.4) is 0 Å². The number of aryl methyl sites for hydroxylation is 1. The molecule has 0 saturated heterocycles. The Hall–Kier alpha value is -1.87. The number of pyridine rings is 1. The van der Waals surface area contributed by atoms with Gasteiger partial charge in [0, 0.05) is 23.5 Å². The molecule has 0 radical (unpaired) electrons. The smallest absolute Gasteiger partial charge is 0.258 e. The minimum absolute atomic E-state index is 0.0506. The van der Waals surface area contributed by atoms with Crippen LogP contribution in [-0.2, 0) is 6.42 Å². The highest BCUT2D eigenvalue weighted by atomic mass is 35.5. The number of anilines is 1. The van der Waals surface area contributed by atoms with Gasteiger partial charge < -0.3 is 4.90 Å². The van der Waals surface area contributed by atoms with E-state index in [1.807, 2.05) is 43.3 Å². The van der Waals surface area contributed by atoms with Crippen molar-refractivity contribution < 1.29 is 4.79 Å². The molecule has 0 atom stereocenters. The van der Waals surface area contributed by atoms with Gasteiger partial charge in [0.15, 0.2) is 0 Å². The van der Waals surface area contributed by atoms with Crippen molar-refractivity contribution in [2.75, 3.05) is 11.4 Å². The monoisotopic (exact) mass is 302 g/mol. The van der Waals surface area contributed by atoms with Crippen LogP contribution < -0.4 is 4.90 Å². The SMILES string of the molecule is CCCc1cc(C(=O)N(CC)c2ccccc2)cc(Cl)n1. The van der Waals surface area contributed by atoms with Gasteiger partial charge in [0.1, 0.15) is 5.15 Å². The second-order valence-electron chi connectivity index (χ2n) is 4.80. The molecule has 0 aliphatic heterocycles. The second-order valence-corrected chi connectivity index (χ2v) is 5.19. The van der Waals surface area contributed by atoms with Crippen LogP contribution in [0.4, 0.5) is 5.69 Å². The van der Waals surface area contributed by atoms with E-state index in [-0.39, 0.29) is 5.91 Å². The lowest BCUT2D eigenvalue weighted by Gasteiger charge is -2.21. The van der Waals surface area contributed by atoms with Gasteiger partial charge in [0.2, 0.25) is 0 Å². The van der Waals surface area contributed by atoms with Crippen molar-refractivity contribution in [3.63, 3.8) is 0 Å². The number of carbonyl (C=O) groups excluding carboxylic acids is 1. The third-order valence-corrected chi connectivity index (χ3v) is 3.42. The molecule has 1 aromatic heterocycles. The Labute approximate surface area is 130 Å². The molecule has 21 heavy (non-hydrogen) atoms. The number of carbonyl (C=O) groups is 1. The van der Waals surface area contributed by atoms with Crippen LogP contribution in [-0.4, -0.2) is 17.4 Å². The molecular weight excluding hydrogens is 284 g/mol. The predicted molar refractivity (Wildman–Crippen MR) is 87.0 cm³/mol. The minimum Gasteiger partial charge on any atom is -0.309 e. The van der Waals surface area contributed by atoms with E-state index in [0.29, 0.717) is 17.3 Å². The normalized spacial score (nSPS) is 10.4. The molecule has 110 valence electrons. The van der Waals surface area contributed by atoms with Crippen LogP contribution in [0.1, 0.15) is 36.3 Å². The molecule has 2 aromatic rings. The van der Waals surface area contributed by atoms with Gasteiger partial charge in [-0.15, -0.1) is 0 Å². The maximum absolute atomic E-state index is 12.7. The quantitative estimate of drug-likeness (QED) is 0.769. The predicted octanol–water partition coefficient (Wildman–Crippen LogP) is 4.35. The summed E-state index contributed by atoms with van der Waals surface area (Å²) < 4.78 is 0. The Morgan fingerprint density at radius 1 is 1.19 bits per heavy atom. The largest absolute Gasteiger partial charge is 0.309 e. The number of hydrogen-bond donors (Lipinski definition) is 0. The lowest BCUT2D eigenvalue weighted by Crippen LogP contribution is -2.30. The number of aromatic nitrogens is 1. The Bertz CT molecular complexity index is 613. The van der Waals surface area contributed by atoms with Gasteiger partial charge in [0.25, 0.3) is 5.91 Å². The lowest BCUT2D eigenvalue weighted by molar-refractivity contribution is 0.0988. The Balaban J connectivity index is 2.34. The first-order chi connectivity index (χ1) is 10.2. The van der Waals surface area contributed by atoms with E-state index in [4.69, 9.17) is 11.6 Å². The van der Waals surface area contributed by atoms with Gasteiger partial charge in [-0.25, -0.2) is 4.98 Å². The summed E-state index contributed by atoms with van der Waals surface area (Å²) in [4.78, 5) is 18.7. The number of amides is 1. The average Bonchev–Trinajstić information content (AvgIpc) is 2.49. The van der Waals surface area contributed by atoms with E-state index in [1.165, 1.54) is 0 Å². The Morgan fingerprint density at radius 3 is 2.52 bits per heavy atom. The highest BCUT2D eigenvalue weighted by molar-refractivity contribution is 6.29. The molecule has 0 spiro atoms. The number of para-hydroxylation sites is 1. The Kier molecular flexibility index (Phi) is 5.34. The molecule has 0 fully saturated rings. The molecular formula is C17H19ClN2O. The molecule has 1 aromatic carbocycles. The molecule has 1 heterocycles. The minimum atomic E-state index is -0.0506. The standard InChI is InChI=1S/C17H19ClN2O/c1-3-8-14-11-13(12-16(18)19-14)17(21)20(4-2)15-9-6-5-7-10-15/h5-7,9-12H,3-4,8H2,1-2H3. The third-order valence-electron chi connectivity index (χ3n) is 3.23. The topological polar surface area (TPSA) is 33.2 Å². The molecule has 0 N–H and O–H groups in total. The fourth-order valence-electron chi connectivity index (χ4n) is 2.27. The van der Waals surface area contributed by atoms with Crippen LogP contribution >= 0.6 is 11.6 Å². The molecule has 0 bridgehead atoms. The first kappa shape index (κ1) is 15.5. The third kappa shape index (κ3) is 3.82. The van der Waals surface area contributed by atoms with E-state index in [0.717, 1.165) is 24.2 Å². The van der Waals surface area contributed by atoms with Gasteiger partial charge in [-0.1, -0.05) is 43.1 Å². The fraction of sp³-hybridized carbons (Fsp3) is 0.294. The number of halogens is 1. The average molecular weight is 303 g/mol. The van der Waals surface area contributed by atoms with Crippen LogP contribution in [0.25, 0.3) is 0 Å². The molecule has 3 nitrogen and oxygen atoms in total. The summed E-state index contributed by atoms with van der Waals surface area (Å²) >= 11 is 6.04. The van der Waals surface area contributed by atoms with Gasteiger partial charge in [-0.3, -0.25) is 4.79 Å². The van der Waals surface area contributed by atoms with Crippen LogP contribution in [0.5, 0.6) is 0 Å². The van der Waals surface area contributed by atoms with Crippen molar-refractivity contribution in [2.45, 2.75) is 26.7 Å². The van der Waals surface area contributed by atoms with Crippen LogP contribution in [0.2, 0.25) is 5.15 Å². The second kappa shape index (κ2) is 7.23. The first-order valence-electron chi connectivity index (χ1n) is 7.19. The molecule has 0 saturated carbocycles. The van der Waals surface area contributed by atoms with Gasteiger partial charge in [0.05, 0.1) is 0 Å². The summed E-state index contributed by atoms with van der Waals surface area (Å²) in [5.41, 5.74) is 2.33. The van der Waals surface area contributed by atoms with E-state index in [1.54, 1.807) is 11.0 Å². The number of rotatable bonds is 5. The van der Waals surface area contributed by atoms with Crippen molar-refractivity contribution in [3.05, 3.63) is 58.9 Å². The van der Waals surface area contributed by atoms with Crippen molar-refractivity contribution in [3.8, 4) is 0 Å². The van der Waals surface area contributed by atoms with E-state index < -0.39 is 0 Å². The summed E-state index contributed by atoms with van der Waals surface area (Å²) in [7, 11) is 0. The van der Waals surface area contributed by atoms with Crippen molar-refractivity contribution in [1.29, 1.82) is 0 Å². The Morgan fingerprint density at radius 2 is 1.90 bits per heavy atom. The van der Waals surface area contributed by atoms with E-state index >= 15 is 0 Å². The van der Waals surface area contributed by atoms with Gasteiger partial charge in [-0.2, -0.15) is 0 Å². The van der Waals surface area contributed by atoms with Gasteiger partial charge in [-0.05, 0) is 37.6 Å². The summed E-state index contributed by atoms with van der Waals surface area (Å²) in [6.07, 6.45) is 1.79. The van der Waals surface area contributed by atoms with E-state index in [9.17, 15) is 4.79 Å². The zero-order chi connectivity index (χ0) is 15.2. The zero-order valence-corrected chi connectivity index (χ0v) is 13.1. The van der Waals surface area contributed by atoms with Crippen LogP contribution in [0.15, 0.2) is 42.5 Å². The summed E-state index contributed by atoms with van der Waals surface area (Å²) in [6.45, 7) is 4.64. The zero-order valence-electron chi connectivity index (χ0n) is 12.3. The van der Waals surface area contributed by atoms with Crippen molar-refractivity contribution in [2.24, 2.45) is 0 Å². The number of nitrogens with zero attached hydrogens (tertiary/aromatic N) is 2. The lowest BCUT2D eigenvalue weighted by atomic mass is 10.1. The summed E-state index contributed by atoms with van der Waals surface area (Å²) in [5.74, 6) is -0.0506. The van der Waals surface area contributed by atoms with Crippen LogP contribution in [0, 0.1) is 0 Å². The van der Waals surface area contributed by atoms with Gasteiger partial charge >= 0.3 is 0 Å². The van der Waals surface area contributed by atoms with Crippen molar-refractivity contribution in [1.82, 2.24) is 4.98 Å². The molecule has 0 aliphatic rings. The highest BCUT2D eigenvalue weighted by Gasteiger charge is 2.17. The summed E-state index contributed by atoms with van der Waals surface area (Å²) in [6, 6.07) is 13.1. The molecule has 1 amide bonds. The molecule has 4 heteroatoms. The van der Waals surface area contributed by atoms with Crippen molar-refractivity contribution >= 4 is 23.2 Å². The summed E-state index contributed by atoms with van der Waals surface area (Å²) in [5, 5.41) is 0.369. The molecule has 0 aliphatic carbocycles.